The number of nitrogens with one attached hydrogen (secondary N) is 1. The van der Waals surface area contributed by atoms with Gasteiger partial charge in [0.1, 0.15) is 16.8 Å². The zero-order chi connectivity index (χ0) is 18.8. The highest BCUT2D eigenvalue weighted by Crippen LogP contribution is 2.34. The van der Waals surface area contributed by atoms with Crippen LogP contribution in [0.2, 0.25) is 0 Å². The number of benzene rings is 1. The summed E-state index contributed by atoms with van der Waals surface area (Å²) in [7, 11) is 0. The van der Waals surface area contributed by atoms with Crippen molar-refractivity contribution in [3.8, 4) is 6.07 Å². The van der Waals surface area contributed by atoms with E-state index in [4.69, 9.17) is 0 Å². The Labute approximate surface area is 155 Å². The van der Waals surface area contributed by atoms with Crippen molar-refractivity contribution in [1.29, 1.82) is 5.26 Å². The second-order valence-corrected chi connectivity index (χ2v) is 7.43. The van der Waals surface area contributed by atoms with Crippen molar-refractivity contribution in [3.63, 3.8) is 0 Å². The van der Waals surface area contributed by atoms with E-state index < -0.39 is 10.8 Å². The van der Waals surface area contributed by atoms with E-state index >= 15 is 0 Å². The van der Waals surface area contributed by atoms with E-state index in [-0.39, 0.29) is 11.3 Å². The Balaban J connectivity index is 1.91. The number of amides is 1. The van der Waals surface area contributed by atoms with Gasteiger partial charge in [-0.3, -0.25) is 14.9 Å². The fraction of sp³-hybridized carbons (Fsp3) is 0.333. The first-order valence-corrected chi connectivity index (χ1v) is 9.09. The lowest BCUT2D eigenvalue weighted by Gasteiger charge is -2.17. The summed E-state index contributed by atoms with van der Waals surface area (Å²) in [5.74, 6) is -0.459. The molecule has 0 atom stereocenters. The predicted octanol–water partition coefficient (Wildman–Crippen LogP) is 4.00. The first-order valence-electron chi connectivity index (χ1n) is 8.27. The third-order valence-electron chi connectivity index (χ3n) is 4.61. The van der Waals surface area contributed by atoms with Gasteiger partial charge in [0.15, 0.2) is 0 Å². The molecular formula is C18H18N4O3S. The number of nitriles is 1. The van der Waals surface area contributed by atoms with Crippen LogP contribution in [0.1, 0.15) is 39.2 Å². The third kappa shape index (κ3) is 3.26. The maximum absolute atomic E-state index is 12.6. The number of nitrogens with zero attached hydrogens (tertiary/aromatic N) is 3. The van der Waals surface area contributed by atoms with Crippen LogP contribution in [0.4, 0.5) is 16.4 Å². The number of carbonyl (C=O) groups excluding carboxylic acids is 1. The van der Waals surface area contributed by atoms with Gasteiger partial charge < -0.3 is 10.2 Å². The second-order valence-electron chi connectivity index (χ2n) is 6.21. The molecule has 1 N–H and O–H groups in total. The molecule has 1 amide bonds. The average molecular weight is 370 g/mol. The van der Waals surface area contributed by atoms with Gasteiger partial charge in [-0.1, -0.05) is 0 Å². The molecule has 134 valence electrons. The smallest absolute Gasteiger partial charge is 0.293 e. The van der Waals surface area contributed by atoms with Gasteiger partial charge in [0.05, 0.1) is 10.5 Å². The molecule has 1 saturated heterocycles. The molecule has 1 aliphatic heterocycles. The van der Waals surface area contributed by atoms with Crippen LogP contribution >= 0.6 is 11.3 Å². The Morgan fingerprint density at radius 2 is 2.04 bits per heavy atom. The number of aryl methyl sites for hydroxylation is 1. The van der Waals surface area contributed by atoms with E-state index in [1.54, 1.807) is 12.1 Å². The number of thiophene rings is 1. The predicted molar refractivity (Wildman–Crippen MR) is 101 cm³/mol. The molecule has 2 aromatic rings. The Morgan fingerprint density at radius 1 is 1.35 bits per heavy atom. The highest BCUT2D eigenvalue weighted by molar-refractivity contribution is 7.16. The van der Waals surface area contributed by atoms with Crippen molar-refractivity contribution >= 4 is 33.6 Å². The topological polar surface area (TPSA) is 99.3 Å². The van der Waals surface area contributed by atoms with Crippen LogP contribution in [-0.4, -0.2) is 23.9 Å². The fourth-order valence-corrected chi connectivity index (χ4v) is 4.07. The van der Waals surface area contributed by atoms with E-state index in [9.17, 15) is 20.2 Å². The molecule has 26 heavy (non-hydrogen) atoms. The maximum atomic E-state index is 12.6. The zero-order valence-corrected chi connectivity index (χ0v) is 15.4. The summed E-state index contributed by atoms with van der Waals surface area (Å²) in [6, 6.07) is 6.63. The van der Waals surface area contributed by atoms with Crippen molar-refractivity contribution in [1.82, 2.24) is 0 Å². The number of hydrogen-bond donors (Lipinski definition) is 1. The Kier molecular flexibility index (Phi) is 4.91. The second kappa shape index (κ2) is 7.14. The number of anilines is 2. The molecule has 0 bridgehead atoms. The van der Waals surface area contributed by atoms with Crippen molar-refractivity contribution < 1.29 is 9.72 Å². The molecule has 1 aliphatic rings. The van der Waals surface area contributed by atoms with Crippen molar-refractivity contribution in [2.24, 2.45) is 0 Å². The fourth-order valence-electron chi connectivity index (χ4n) is 3.06. The van der Waals surface area contributed by atoms with Gasteiger partial charge in [0, 0.05) is 29.6 Å². The molecule has 8 heteroatoms. The first-order chi connectivity index (χ1) is 12.4. The molecule has 7 nitrogen and oxygen atoms in total. The van der Waals surface area contributed by atoms with Gasteiger partial charge in [-0.05, 0) is 44.4 Å². The van der Waals surface area contributed by atoms with Gasteiger partial charge in [0.2, 0.25) is 0 Å². The van der Waals surface area contributed by atoms with E-state index in [2.05, 4.69) is 11.4 Å². The van der Waals surface area contributed by atoms with Crippen LogP contribution in [0.5, 0.6) is 0 Å². The van der Waals surface area contributed by atoms with Crippen LogP contribution in [0.25, 0.3) is 0 Å². The molecule has 0 spiro atoms. The molecule has 0 radical (unpaired) electrons. The minimum absolute atomic E-state index is 0.0707. The summed E-state index contributed by atoms with van der Waals surface area (Å²) >= 11 is 1.33. The van der Waals surface area contributed by atoms with Gasteiger partial charge in [-0.15, -0.1) is 11.3 Å². The minimum Gasteiger partial charge on any atom is -0.366 e. The largest absolute Gasteiger partial charge is 0.366 e. The maximum Gasteiger partial charge on any atom is 0.293 e. The lowest BCUT2D eigenvalue weighted by molar-refractivity contribution is -0.384. The SMILES string of the molecule is Cc1sc(NC(=O)c2ccc(N3CCCC3)c([N+](=O)[O-])c2)c(C#N)c1C. The third-order valence-corrected chi connectivity index (χ3v) is 5.73. The van der Waals surface area contributed by atoms with Crippen LogP contribution in [-0.2, 0) is 0 Å². The Morgan fingerprint density at radius 3 is 2.65 bits per heavy atom. The molecule has 3 rings (SSSR count). The molecule has 0 saturated carbocycles. The summed E-state index contributed by atoms with van der Waals surface area (Å²) in [5, 5.41) is 23.9. The molecular weight excluding hydrogens is 352 g/mol. The van der Waals surface area contributed by atoms with E-state index in [0.29, 0.717) is 16.3 Å². The lowest BCUT2D eigenvalue weighted by Crippen LogP contribution is -2.19. The van der Waals surface area contributed by atoms with Crippen LogP contribution in [0.15, 0.2) is 18.2 Å². The molecule has 0 unspecified atom stereocenters. The summed E-state index contributed by atoms with van der Waals surface area (Å²) in [6.45, 7) is 5.28. The van der Waals surface area contributed by atoms with Gasteiger partial charge in [-0.2, -0.15) is 5.26 Å². The summed E-state index contributed by atoms with van der Waals surface area (Å²) in [5.41, 5.74) is 1.95. The number of hydrogen-bond acceptors (Lipinski definition) is 6. The molecule has 1 aromatic heterocycles. The standard InChI is InChI=1S/C18H18N4O3S/c1-11-12(2)26-18(14(11)10-19)20-17(23)13-5-6-15(16(9-13)22(24)25)21-7-3-4-8-21/h5-6,9H,3-4,7-8H2,1-2H3,(H,20,23). The number of carbonyl (C=O) groups is 1. The van der Waals surface area contributed by atoms with Crippen LogP contribution in [0.3, 0.4) is 0 Å². The monoisotopic (exact) mass is 370 g/mol. The minimum atomic E-state index is -0.459. The zero-order valence-electron chi connectivity index (χ0n) is 14.5. The quantitative estimate of drug-likeness (QED) is 0.648. The van der Waals surface area contributed by atoms with Crippen molar-refractivity contribution in [3.05, 3.63) is 49.9 Å². The summed E-state index contributed by atoms with van der Waals surface area (Å²) < 4.78 is 0. The van der Waals surface area contributed by atoms with Gasteiger partial charge >= 0.3 is 0 Å². The van der Waals surface area contributed by atoms with Crippen molar-refractivity contribution in [2.75, 3.05) is 23.3 Å². The first kappa shape index (κ1) is 17.9. The van der Waals surface area contributed by atoms with Crippen LogP contribution < -0.4 is 10.2 Å². The molecule has 0 aliphatic carbocycles. The highest BCUT2D eigenvalue weighted by Gasteiger charge is 2.24. The van der Waals surface area contributed by atoms with E-state index in [1.165, 1.54) is 17.4 Å². The van der Waals surface area contributed by atoms with Gasteiger partial charge in [-0.25, -0.2) is 0 Å². The molecule has 1 aromatic carbocycles. The van der Waals surface area contributed by atoms with Gasteiger partial charge in [0.25, 0.3) is 11.6 Å². The molecule has 2 heterocycles. The number of nitro benzene ring substituents is 1. The van der Waals surface area contributed by atoms with Crippen LogP contribution in [0, 0.1) is 35.3 Å². The number of nitro groups is 1. The Hall–Kier alpha value is -2.92. The molecule has 1 fully saturated rings. The summed E-state index contributed by atoms with van der Waals surface area (Å²) in [4.78, 5) is 26.5. The van der Waals surface area contributed by atoms with Crippen molar-refractivity contribution in [2.45, 2.75) is 26.7 Å². The normalized spacial score (nSPS) is 13.5. The lowest BCUT2D eigenvalue weighted by atomic mass is 10.1. The highest BCUT2D eigenvalue weighted by atomic mass is 32.1. The Bertz CT molecular complexity index is 923. The summed E-state index contributed by atoms with van der Waals surface area (Å²) in [6.07, 6.45) is 2.01. The number of rotatable bonds is 4. The van der Waals surface area contributed by atoms with E-state index in [1.807, 2.05) is 18.7 Å². The van der Waals surface area contributed by atoms with E-state index in [0.717, 1.165) is 36.4 Å². The average Bonchev–Trinajstić information content (AvgIpc) is 3.23.